The summed E-state index contributed by atoms with van der Waals surface area (Å²) in [6.45, 7) is 9.67. The molecule has 1 aromatic carbocycles. The Kier molecular flexibility index (Phi) is 5.20. The number of aromatic nitrogens is 2. The van der Waals surface area contributed by atoms with Crippen molar-refractivity contribution in [2.45, 2.75) is 64.4 Å². The van der Waals surface area contributed by atoms with Gasteiger partial charge in [-0.2, -0.15) is 0 Å². The number of carbonyl (C=O) groups is 1. The molecule has 1 unspecified atom stereocenters. The molecule has 4 heterocycles. The normalized spacial score (nSPS) is 21.8. The first-order chi connectivity index (χ1) is 15.1. The van der Waals surface area contributed by atoms with E-state index in [1.54, 1.807) is 6.07 Å². The Morgan fingerprint density at radius 3 is 2.44 bits per heavy atom. The van der Waals surface area contributed by atoms with Gasteiger partial charge in [-0.05, 0) is 51.2 Å². The van der Waals surface area contributed by atoms with E-state index < -0.39 is 5.97 Å². The Morgan fingerprint density at radius 1 is 1.22 bits per heavy atom. The summed E-state index contributed by atoms with van der Waals surface area (Å²) in [5.74, 6) is 0.00126. The highest BCUT2D eigenvalue weighted by atomic mass is 32.1. The summed E-state index contributed by atoms with van der Waals surface area (Å²) < 4.78 is 20.0. The van der Waals surface area contributed by atoms with Crippen LogP contribution in [0.1, 0.15) is 55.2 Å². The topological polar surface area (TPSA) is 82.8 Å². The van der Waals surface area contributed by atoms with Gasteiger partial charge in [0, 0.05) is 13.0 Å². The molecule has 32 heavy (non-hydrogen) atoms. The number of hydrogen-bond acceptors (Lipinski definition) is 6. The van der Waals surface area contributed by atoms with Crippen molar-refractivity contribution < 1.29 is 23.9 Å². The highest BCUT2D eigenvalue weighted by Crippen LogP contribution is 2.36. The first-order valence-corrected chi connectivity index (χ1v) is 11.7. The van der Waals surface area contributed by atoms with E-state index in [1.165, 1.54) is 11.3 Å². The Hall–Kier alpha value is -2.20. The van der Waals surface area contributed by atoms with Crippen LogP contribution in [-0.4, -0.2) is 51.7 Å². The number of hydrogen-bond donors (Lipinski definition) is 1. The van der Waals surface area contributed by atoms with E-state index in [0.29, 0.717) is 17.8 Å². The van der Waals surface area contributed by atoms with E-state index in [0.717, 1.165) is 40.2 Å². The molecule has 2 fully saturated rings. The van der Waals surface area contributed by atoms with Crippen molar-refractivity contribution in [1.82, 2.24) is 9.55 Å². The van der Waals surface area contributed by atoms with Crippen molar-refractivity contribution in [3.63, 3.8) is 0 Å². The summed E-state index contributed by atoms with van der Waals surface area (Å²) in [5, 5.41) is 9.35. The fourth-order valence-corrected chi connectivity index (χ4v) is 4.88. The van der Waals surface area contributed by atoms with Gasteiger partial charge in [0.15, 0.2) is 0 Å². The number of carboxylic acid groups (broad SMARTS) is 1. The van der Waals surface area contributed by atoms with Gasteiger partial charge in [0.1, 0.15) is 15.5 Å². The molecule has 2 aliphatic rings. The fraction of sp³-hybridized carbons (Fsp3) is 0.478. The van der Waals surface area contributed by atoms with Crippen molar-refractivity contribution in [1.29, 1.82) is 0 Å². The Balaban J connectivity index is 1.39. The molecule has 2 aliphatic heterocycles. The van der Waals surface area contributed by atoms with Gasteiger partial charge in [-0.1, -0.05) is 24.3 Å². The van der Waals surface area contributed by atoms with Gasteiger partial charge in [-0.15, -0.1) is 11.3 Å². The van der Waals surface area contributed by atoms with Crippen LogP contribution < -0.4 is 5.46 Å². The van der Waals surface area contributed by atoms with E-state index in [2.05, 4.69) is 44.4 Å². The lowest BCUT2D eigenvalue weighted by atomic mass is 9.79. The predicted octanol–water partition coefficient (Wildman–Crippen LogP) is 3.47. The molecule has 3 aromatic rings. The van der Waals surface area contributed by atoms with Crippen LogP contribution in [0.4, 0.5) is 0 Å². The Labute approximate surface area is 191 Å². The molecular weight excluding hydrogens is 427 g/mol. The number of nitrogens with zero attached hydrogens (tertiary/aromatic N) is 2. The molecule has 0 saturated carbocycles. The molecule has 0 radical (unpaired) electrons. The van der Waals surface area contributed by atoms with Crippen molar-refractivity contribution in [3.05, 3.63) is 46.6 Å². The lowest BCUT2D eigenvalue weighted by Crippen LogP contribution is -2.41. The Bertz CT molecular complexity index is 1150. The third-order valence-electron chi connectivity index (χ3n) is 6.78. The molecule has 2 aromatic heterocycles. The van der Waals surface area contributed by atoms with E-state index in [-0.39, 0.29) is 24.4 Å². The number of fused-ring (bicyclic) bond motifs is 1. The van der Waals surface area contributed by atoms with Gasteiger partial charge in [0.05, 0.1) is 29.4 Å². The van der Waals surface area contributed by atoms with Gasteiger partial charge in [-0.3, -0.25) is 0 Å². The van der Waals surface area contributed by atoms with Crippen LogP contribution in [-0.2, 0) is 27.0 Å². The molecule has 7 nitrogen and oxygen atoms in total. The number of thiophene rings is 1. The fourth-order valence-electron chi connectivity index (χ4n) is 3.99. The van der Waals surface area contributed by atoms with Crippen molar-refractivity contribution in [2.75, 3.05) is 6.61 Å². The zero-order valence-corrected chi connectivity index (χ0v) is 19.6. The van der Waals surface area contributed by atoms with Crippen LogP contribution in [0.2, 0.25) is 0 Å². The average molecular weight is 454 g/mol. The minimum absolute atomic E-state index is 0.157. The maximum atomic E-state index is 11.4. The molecule has 5 rings (SSSR count). The number of rotatable bonds is 6. The zero-order valence-electron chi connectivity index (χ0n) is 18.8. The van der Waals surface area contributed by atoms with E-state index in [1.807, 2.05) is 12.1 Å². The molecule has 0 aliphatic carbocycles. The number of benzene rings is 1. The van der Waals surface area contributed by atoms with Crippen LogP contribution in [0, 0.1) is 0 Å². The number of ether oxygens (including phenoxy) is 1. The van der Waals surface area contributed by atoms with Crippen LogP contribution in [0.3, 0.4) is 0 Å². The summed E-state index contributed by atoms with van der Waals surface area (Å²) in [6, 6.07) is 9.97. The lowest BCUT2D eigenvalue weighted by molar-refractivity contribution is -0.0589. The first-order valence-electron chi connectivity index (χ1n) is 10.9. The van der Waals surface area contributed by atoms with Gasteiger partial charge < -0.3 is 23.7 Å². The monoisotopic (exact) mass is 454 g/mol. The number of carboxylic acids is 1. The van der Waals surface area contributed by atoms with Crippen molar-refractivity contribution in [2.24, 2.45) is 0 Å². The maximum absolute atomic E-state index is 11.4. The minimum Gasteiger partial charge on any atom is -0.477 e. The third kappa shape index (κ3) is 3.77. The molecule has 0 spiro atoms. The van der Waals surface area contributed by atoms with Gasteiger partial charge in [0.25, 0.3) is 0 Å². The molecule has 0 amide bonds. The van der Waals surface area contributed by atoms with Crippen LogP contribution in [0.15, 0.2) is 30.3 Å². The molecular formula is C23H27BN2O5S. The van der Waals surface area contributed by atoms with E-state index in [9.17, 15) is 9.90 Å². The van der Waals surface area contributed by atoms with E-state index >= 15 is 0 Å². The smallest absolute Gasteiger partial charge is 0.477 e. The van der Waals surface area contributed by atoms with Crippen LogP contribution >= 0.6 is 11.3 Å². The van der Waals surface area contributed by atoms with Gasteiger partial charge in [-0.25, -0.2) is 9.78 Å². The molecule has 168 valence electrons. The summed E-state index contributed by atoms with van der Waals surface area (Å²) in [7, 11) is -0.383. The lowest BCUT2D eigenvalue weighted by Gasteiger charge is -2.32. The largest absolute Gasteiger partial charge is 0.494 e. The minimum atomic E-state index is -0.917. The first kappa shape index (κ1) is 21.6. The summed E-state index contributed by atoms with van der Waals surface area (Å²) in [6.07, 6.45) is 1.82. The van der Waals surface area contributed by atoms with Crippen molar-refractivity contribution >= 4 is 40.2 Å². The maximum Gasteiger partial charge on any atom is 0.494 e. The second kappa shape index (κ2) is 7.69. The molecule has 0 bridgehead atoms. The van der Waals surface area contributed by atoms with Gasteiger partial charge in [0.2, 0.25) is 0 Å². The number of aromatic carboxylic acids is 1. The van der Waals surface area contributed by atoms with Crippen LogP contribution in [0.5, 0.6) is 0 Å². The summed E-state index contributed by atoms with van der Waals surface area (Å²) >= 11 is 1.22. The highest BCUT2D eigenvalue weighted by Gasteiger charge is 2.51. The highest BCUT2D eigenvalue weighted by molar-refractivity contribution is 7.20. The second-order valence-corrected chi connectivity index (χ2v) is 10.6. The molecule has 1 atom stereocenters. The zero-order chi connectivity index (χ0) is 22.7. The Morgan fingerprint density at radius 2 is 1.88 bits per heavy atom. The second-order valence-electron chi connectivity index (χ2n) is 9.53. The van der Waals surface area contributed by atoms with Crippen molar-refractivity contribution in [3.8, 4) is 0 Å². The average Bonchev–Trinajstić information content (AvgIpc) is 3.29. The predicted molar refractivity (Wildman–Crippen MR) is 124 cm³/mol. The van der Waals surface area contributed by atoms with Gasteiger partial charge >= 0.3 is 13.1 Å². The standard InChI is InChI=1S/C23H27BN2O5S/c1-22(2)23(3,4)31-24(30-22)15-7-5-14(6-8-15)11-19-25-20-17(12-18(32-20)21(27)28)26(19)13-16-9-10-29-16/h5-8,12,16H,9-11,13H2,1-4H3,(H,27,28). The molecule has 9 heteroatoms. The summed E-state index contributed by atoms with van der Waals surface area (Å²) in [4.78, 5) is 17.2. The molecule has 2 saturated heterocycles. The summed E-state index contributed by atoms with van der Waals surface area (Å²) in [5.41, 5.74) is 2.24. The number of imidazole rings is 1. The van der Waals surface area contributed by atoms with Crippen LogP contribution in [0.25, 0.3) is 10.3 Å². The third-order valence-corrected chi connectivity index (χ3v) is 7.79. The molecule has 1 N–H and O–H groups in total. The van der Waals surface area contributed by atoms with E-state index in [4.69, 9.17) is 19.0 Å². The quantitative estimate of drug-likeness (QED) is 0.575. The SMILES string of the molecule is CC1(C)OB(c2ccc(Cc3nc4sc(C(=O)O)cc4n3CC3CCO3)cc2)OC1(C)C.